The SMILES string of the molecule is C[C@H]1CN(Cn2c(=O)oc3cc(Cl)ccc32)C[C@H](C)O1. The van der Waals surface area contributed by atoms with Gasteiger partial charge in [-0.1, -0.05) is 11.6 Å². The Morgan fingerprint density at radius 3 is 2.70 bits per heavy atom. The van der Waals surface area contributed by atoms with Crippen LogP contribution in [-0.4, -0.2) is 34.8 Å². The van der Waals surface area contributed by atoms with Crippen molar-refractivity contribution in [3.05, 3.63) is 33.8 Å². The number of hydrogen-bond donors (Lipinski definition) is 0. The number of hydrogen-bond acceptors (Lipinski definition) is 4. The molecule has 2 atom stereocenters. The zero-order valence-electron chi connectivity index (χ0n) is 11.5. The van der Waals surface area contributed by atoms with Crippen LogP contribution in [0.15, 0.2) is 27.4 Å². The van der Waals surface area contributed by atoms with Gasteiger partial charge in [-0.05, 0) is 26.0 Å². The number of benzene rings is 1. The molecule has 0 amide bonds. The van der Waals surface area contributed by atoms with Crippen molar-refractivity contribution >= 4 is 22.7 Å². The van der Waals surface area contributed by atoms with Crippen LogP contribution in [-0.2, 0) is 11.4 Å². The van der Waals surface area contributed by atoms with E-state index >= 15 is 0 Å². The average molecular weight is 297 g/mol. The summed E-state index contributed by atoms with van der Waals surface area (Å²) in [6, 6.07) is 5.25. The summed E-state index contributed by atoms with van der Waals surface area (Å²) in [5, 5.41) is 0.562. The van der Waals surface area contributed by atoms with E-state index in [4.69, 9.17) is 20.8 Å². The van der Waals surface area contributed by atoms with Crippen molar-refractivity contribution in [2.45, 2.75) is 32.7 Å². The predicted molar refractivity (Wildman–Crippen MR) is 77.1 cm³/mol. The highest BCUT2D eigenvalue weighted by molar-refractivity contribution is 6.31. The molecule has 0 unspecified atom stereocenters. The molecule has 1 fully saturated rings. The van der Waals surface area contributed by atoms with E-state index in [0.29, 0.717) is 17.3 Å². The second-order valence-corrected chi connectivity index (χ2v) is 5.78. The van der Waals surface area contributed by atoms with Gasteiger partial charge >= 0.3 is 5.76 Å². The van der Waals surface area contributed by atoms with Crippen molar-refractivity contribution in [3.8, 4) is 0 Å². The molecule has 1 aromatic carbocycles. The Morgan fingerprint density at radius 1 is 1.30 bits per heavy atom. The molecular weight excluding hydrogens is 280 g/mol. The highest BCUT2D eigenvalue weighted by atomic mass is 35.5. The van der Waals surface area contributed by atoms with Crippen LogP contribution in [0.25, 0.3) is 11.1 Å². The zero-order valence-corrected chi connectivity index (χ0v) is 12.3. The van der Waals surface area contributed by atoms with Crippen LogP contribution >= 0.6 is 11.6 Å². The molecule has 0 saturated carbocycles. The van der Waals surface area contributed by atoms with E-state index in [1.807, 2.05) is 19.9 Å². The van der Waals surface area contributed by atoms with E-state index in [2.05, 4.69) is 4.90 Å². The summed E-state index contributed by atoms with van der Waals surface area (Å²) in [6.45, 7) is 6.19. The van der Waals surface area contributed by atoms with E-state index in [9.17, 15) is 4.79 Å². The minimum Gasteiger partial charge on any atom is -0.408 e. The molecule has 0 radical (unpaired) electrons. The fourth-order valence-electron chi connectivity index (χ4n) is 2.77. The fraction of sp³-hybridized carbons (Fsp3) is 0.500. The lowest BCUT2D eigenvalue weighted by atomic mass is 10.2. The van der Waals surface area contributed by atoms with Gasteiger partial charge in [-0.25, -0.2) is 4.79 Å². The van der Waals surface area contributed by atoms with Gasteiger partial charge in [0.1, 0.15) is 0 Å². The molecule has 2 heterocycles. The first-order valence-corrected chi connectivity index (χ1v) is 7.07. The van der Waals surface area contributed by atoms with Gasteiger partial charge in [0.05, 0.1) is 24.4 Å². The monoisotopic (exact) mass is 296 g/mol. The fourth-order valence-corrected chi connectivity index (χ4v) is 2.94. The molecule has 1 aromatic heterocycles. The van der Waals surface area contributed by atoms with Crippen molar-refractivity contribution in [1.29, 1.82) is 0 Å². The van der Waals surface area contributed by atoms with E-state index in [-0.39, 0.29) is 18.0 Å². The van der Waals surface area contributed by atoms with Gasteiger partial charge in [0.2, 0.25) is 0 Å². The normalized spacial score (nSPS) is 24.4. The lowest BCUT2D eigenvalue weighted by molar-refractivity contribution is -0.0766. The van der Waals surface area contributed by atoms with Gasteiger partial charge in [0.25, 0.3) is 0 Å². The Balaban J connectivity index is 1.91. The molecule has 20 heavy (non-hydrogen) atoms. The van der Waals surface area contributed by atoms with Crippen molar-refractivity contribution in [1.82, 2.24) is 9.47 Å². The molecule has 3 rings (SSSR count). The lowest BCUT2D eigenvalue weighted by Gasteiger charge is -2.35. The zero-order chi connectivity index (χ0) is 14.3. The molecule has 0 N–H and O–H groups in total. The maximum atomic E-state index is 12.0. The Bertz CT molecular complexity index is 669. The van der Waals surface area contributed by atoms with Gasteiger partial charge in [-0.15, -0.1) is 0 Å². The average Bonchev–Trinajstić information content (AvgIpc) is 2.64. The van der Waals surface area contributed by atoms with Crippen molar-refractivity contribution in [3.63, 3.8) is 0 Å². The number of oxazole rings is 1. The molecule has 1 saturated heterocycles. The molecule has 1 aliphatic rings. The standard InChI is InChI=1S/C14H17ClN2O3/c1-9-6-16(7-10(2)19-9)8-17-12-4-3-11(15)5-13(12)20-14(17)18/h3-5,9-10H,6-8H2,1-2H3/t9-,10-/m0/s1. The summed E-state index contributed by atoms with van der Waals surface area (Å²) >= 11 is 5.91. The first kappa shape index (κ1) is 13.7. The molecule has 0 aliphatic carbocycles. The Morgan fingerprint density at radius 2 is 2.00 bits per heavy atom. The number of morpholine rings is 1. The number of rotatable bonds is 2. The molecule has 2 aromatic rings. The smallest absolute Gasteiger partial charge is 0.408 e. The predicted octanol–water partition coefficient (Wildman–Crippen LogP) is 2.31. The van der Waals surface area contributed by atoms with E-state index in [1.54, 1.807) is 16.7 Å². The van der Waals surface area contributed by atoms with Crippen molar-refractivity contribution < 1.29 is 9.15 Å². The number of halogens is 1. The molecular formula is C14H17ClN2O3. The third-order valence-corrected chi connectivity index (χ3v) is 3.70. The molecule has 1 aliphatic heterocycles. The molecule has 108 valence electrons. The second-order valence-electron chi connectivity index (χ2n) is 5.34. The molecule has 6 heteroatoms. The summed E-state index contributed by atoms with van der Waals surface area (Å²) in [5.41, 5.74) is 1.29. The highest BCUT2D eigenvalue weighted by Gasteiger charge is 2.23. The molecule has 5 nitrogen and oxygen atoms in total. The summed E-state index contributed by atoms with van der Waals surface area (Å²) < 4.78 is 12.6. The summed E-state index contributed by atoms with van der Waals surface area (Å²) in [7, 11) is 0. The van der Waals surface area contributed by atoms with Crippen molar-refractivity contribution in [2.24, 2.45) is 0 Å². The largest absolute Gasteiger partial charge is 0.421 e. The van der Waals surface area contributed by atoms with Gasteiger partial charge in [-0.3, -0.25) is 9.47 Å². The number of aromatic nitrogens is 1. The minimum absolute atomic E-state index is 0.169. The Hall–Kier alpha value is -1.30. The van der Waals surface area contributed by atoms with Crippen LogP contribution in [0.2, 0.25) is 5.02 Å². The summed E-state index contributed by atoms with van der Waals surface area (Å²) in [6.07, 6.45) is 0.337. The first-order valence-electron chi connectivity index (χ1n) is 6.69. The van der Waals surface area contributed by atoms with Crippen LogP contribution in [0.1, 0.15) is 13.8 Å². The summed E-state index contributed by atoms with van der Waals surface area (Å²) in [5.74, 6) is -0.353. The Kier molecular flexibility index (Phi) is 3.58. The van der Waals surface area contributed by atoms with Gasteiger partial charge in [0, 0.05) is 24.2 Å². The highest BCUT2D eigenvalue weighted by Crippen LogP contribution is 2.19. The summed E-state index contributed by atoms with van der Waals surface area (Å²) in [4.78, 5) is 14.2. The van der Waals surface area contributed by atoms with Crippen LogP contribution in [0.4, 0.5) is 0 Å². The lowest BCUT2D eigenvalue weighted by Crippen LogP contribution is -2.46. The topological polar surface area (TPSA) is 47.6 Å². The van der Waals surface area contributed by atoms with Crippen LogP contribution in [0.3, 0.4) is 0 Å². The van der Waals surface area contributed by atoms with Crippen LogP contribution < -0.4 is 5.76 Å². The first-order chi connectivity index (χ1) is 9.52. The maximum Gasteiger partial charge on any atom is 0.421 e. The van der Waals surface area contributed by atoms with Gasteiger partial charge in [-0.2, -0.15) is 0 Å². The van der Waals surface area contributed by atoms with Gasteiger partial charge < -0.3 is 9.15 Å². The van der Waals surface area contributed by atoms with Crippen molar-refractivity contribution in [2.75, 3.05) is 13.1 Å². The van der Waals surface area contributed by atoms with E-state index in [0.717, 1.165) is 18.6 Å². The quantitative estimate of drug-likeness (QED) is 0.853. The van der Waals surface area contributed by atoms with E-state index < -0.39 is 0 Å². The second kappa shape index (κ2) is 5.24. The van der Waals surface area contributed by atoms with Crippen LogP contribution in [0.5, 0.6) is 0 Å². The third kappa shape index (κ3) is 2.61. The number of nitrogens with zero attached hydrogens (tertiary/aromatic N) is 2. The molecule has 0 spiro atoms. The number of ether oxygens (including phenoxy) is 1. The maximum absolute atomic E-state index is 12.0. The van der Waals surface area contributed by atoms with Crippen LogP contribution in [0, 0.1) is 0 Å². The van der Waals surface area contributed by atoms with Gasteiger partial charge in [0.15, 0.2) is 5.58 Å². The number of fused-ring (bicyclic) bond motifs is 1. The minimum atomic E-state index is -0.353. The molecule has 0 bridgehead atoms. The Labute approximate surface area is 121 Å². The third-order valence-electron chi connectivity index (χ3n) is 3.47. The van der Waals surface area contributed by atoms with E-state index in [1.165, 1.54) is 0 Å².